The number of nitrogens with zero attached hydrogens (tertiary/aromatic N) is 4. The number of para-hydroxylation sites is 2. The van der Waals surface area contributed by atoms with Crippen molar-refractivity contribution in [2.75, 3.05) is 12.4 Å². The van der Waals surface area contributed by atoms with Gasteiger partial charge >= 0.3 is 0 Å². The summed E-state index contributed by atoms with van der Waals surface area (Å²) in [6, 6.07) is 10.8. The second-order valence-corrected chi connectivity index (χ2v) is 7.38. The summed E-state index contributed by atoms with van der Waals surface area (Å²) in [4.78, 5) is 24.2. The van der Waals surface area contributed by atoms with Crippen LogP contribution in [-0.4, -0.2) is 43.5 Å². The van der Waals surface area contributed by atoms with E-state index < -0.39 is 17.9 Å². The molecule has 29 heavy (non-hydrogen) atoms. The highest BCUT2D eigenvalue weighted by molar-refractivity contribution is 7.99. The SMILES string of the molecule is Cn1cccc1C(=O)NC(=O)CSc1nnc(C2COc3ccccc3O2)n1C. The van der Waals surface area contributed by atoms with Gasteiger partial charge in [-0.1, -0.05) is 23.9 Å². The van der Waals surface area contributed by atoms with Crippen molar-refractivity contribution in [3.8, 4) is 11.5 Å². The summed E-state index contributed by atoms with van der Waals surface area (Å²) in [5.41, 5.74) is 0.416. The van der Waals surface area contributed by atoms with Gasteiger partial charge in [0.25, 0.3) is 5.91 Å². The van der Waals surface area contributed by atoms with E-state index in [1.165, 1.54) is 11.8 Å². The Labute approximate surface area is 171 Å². The molecule has 1 atom stereocenters. The summed E-state index contributed by atoms with van der Waals surface area (Å²) in [6.07, 6.45) is 1.34. The van der Waals surface area contributed by atoms with Gasteiger partial charge in [0.1, 0.15) is 12.3 Å². The fourth-order valence-corrected chi connectivity index (χ4v) is 3.65. The second kappa shape index (κ2) is 8.00. The average molecular weight is 413 g/mol. The topological polar surface area (TPSA) is 100 Å². The van der Waals surface area contributed by atoms with Crippen molar-refractivity contribution in [3.63, 3.8) is 0 Å². The lowest BCUT2D eigenvalue weighted by molar-refractivity contribution is -0.117. The van der Waals surface area contributed by atoms with Crippen molar-refractivity contribution in [2.24, 2.45) is 14.1 Å². The van der Waals surface area contributed by atoms with Gasteiger partial charge in [-0.3, -0.25) is 14.9 Å². The number of carbonyl (C=O) groups excluding carboxylic acids is 2. The highest BCUT2D eigenvalue weighted by atomic mass is 32.2. The fraction of sp³-hybridized carbons (Fsp3) is 0.263. The van der Waals surface area contributed by atoms with E-state index >= 15 is 0 Å². The Balaban J connectivity index is 1.36. The van der Waals surface area contributed by atoms with Gasteiger partial charge in [0.15, 0.2) is 28.6 Å². The van der Waals surface area contributed by atoms with E-state index in [2.05, 4.69) is 15.5 Å². The number of hydrogen-bond acceptors (Lipinski definition) is 7. The molecule has 1 aliphatic heterocycles. The summed E-state index contributed by atoms with van der Waals surface area (Å²) in [5, 5.41) is 11.2. The van der Waals surface area contributed by atoms with E-state index in [1.54, 1.807) is 41.6 Å². The molecule has 1 unspecified atom stereocenters. The molecule has 0 saturated heterocycles. The Morgan fingerprint density at radius 2 is 1.97 bits per heavy atom. The van der Waals surface area contributed by atoms with Gasteiger partial charge in [-0.05, 0) is 24.3 Å². The molecule has 0 bridgehead atoms. The highest BCUT2D eigenvalue weighted by Gasteiger charge is 2.27. The molecule has 0 spiro atoms. The molecule has 1 aromatic carbocycles. The molecule has 2 amide bonds. The Morgan fingerprint density at radius 1 is 1.17 bits per heavy atom. The van der Waals surface area contributed by atoms with E-state index in [1.807, 2.05) is 24.3 Å². The number of thioether (sulfide) groups is 1. The minimum Gasteiger partial charge on any atom is -0.485 e. The van der Waals surface area contributed by atoms with Crippen molar-refractivity contribution in [1.82, 2.24) is 24.6 Å². The first-order valence-corrected chi connectivity index (χ1v) is 9.87. The summed E-state index contributed by atoms with van der Waals surface area (Å²) in [7, 11) is 3.54. The van der Waals surface area contributed by atoms with Crippen LogP contribution in [0, 0.1) is 0 Å². The van der Waals surface area contributed by atoms with Crippen LogP contribution in [-0.2, 0) is 18.9 Å². The number of carbonyl (C=O) groups is 2. The lowest BCUT2D eigenvalue weighted by Gasteiger charge is -2.25. The number of benzene rings is 1. The highest BCUT2D eigenvalue weighted by Crippen LogP contribution is 2.35. The number of nitrogens with one attached hydrogen (secondary N) is 1. The second-order valence-electron chi connectivity index (χ2n) is 6.43. The van der Waals surface area contributed by atoms with Gasteiger partial charge in [-0.25, -0.2) is 0 Å². The van der Waals surface area contributed by atoms with Crippen LogP contribution in [0.15, 0.2) is 47.8 Å². The Morgan fingerprint density at radius 3 is 2.72 bits per heavy atom. The third-order valence-electron chi connectivity index (χ3n) is 4.43. The Kier molecular flexibility index (Phi) is 5.26. The molecule has 1 aliphatic rings. The lowest BCUT2D eigenvalue weighted by atomic mass is 10.2. The molecule has 0 radical (unpaired) electrons. The molecule has 2 aromatic heterocycles. The first kappa shape index (κ1) is 19.1. The molecule has 1 N–H and O–H groups in total. The zero-order valence-electron chi connectivity index (χ0n) is 15.9. The summed E-state index contributed by atoms with van der Waals surface area (Å²) < 4.78 is 15.1. The number of hydrogen-bond donors (Lipinski definition) is 1. The third-order valence-corrected chi connectivity index (χ3v) is 5.45. The van der Waals surface area contributed by atoms with Crippen molar-refractivity contribution < 1.29 is 19.1 Å². The largest absolute Gasteiger partial charge is 0.485 e. The van der Waals surface area contributed by atoms with E-state index in [-0.39, 0.29) is 5.75 Å². The van der Waals surface area contributed by atoms with Crippen molar-refractivity contribution in [3.05, 3.63) is 54.1 Å². The first-order chi connectivity index (χ1) is 14.0. The molecular formula is C19H19N5O4S. The fourth-order valence-electron chi connectivity index (χ4n) is 2.93. The van der Waals surface area contributed by atoms with Crippen LogP contribution in [0.25, 0.3) is 0 Å². The lowest BCUT2D eigenvalue weighted by Crippen LogP contribution is -2.33. The standard InChI is InChI=1S/C19H19N5O4S/c1-23-9-5-6-12(23)18(26)20-16(25)11-29-19-22-21-17(24(19)2)15-10-27-13-7-3-4-8-14(13)28-15/h3-9,15H,10-11H2,1-2H3,(H,20,25,26). The van der Waals surface area contributed by atoms with Crippen molar-refractivity contribution in [1.29, 1.82) is 0 Å². The number of amides is 2. The van der Waals surface area contributed by atoms with Crippen LogP contribution in [0.4, 0.5) is 0 Å². The Hall–Kier alpha value is -3.27. The molecule has 4 rings (SSSR count). The minimum absolute atomic E-state index is 0.0347. The van der Waals surface area contributed by atoms with Crippen LogP contribution < -0.4 is 14.8 Å². The molecule has 3 heterocycles. The van der Waals surface area contributed by atoms with Crippen LogP contribution in [0.5, 0.6) is 11.5 Å². The molecular weight excluding hydrogens is 394 g/mol. The van der Waals surface area contributed by atoms with Gasteiger partial charge in [0.2, 0.25) is 5.91 Å². The maximum atomic E-state index is 12.1. The van der Waals surface area contributed by atoms with Crippen molar-refractivity contribution >= 4 is 23.6 Å². The van der Waals surface area contributed by atoms with Gasteiger partial charge < -0.3 is 18.6 Å². The van der Waals surface area contributed by atoms with Gasteiger partial charge in [-0.15, -0.1) is 10.2 Å². The number of aryl methyl sites for hydroxylation is 1. The van der Waals surface area contributed by atoms with Gasteiger partial charge in [0, 0.05) is 20.3 Å². The maximum absolute atomic E-state index is 12.1. The van der Waals surface area contributed by atoms with E-state index in [0.717, 1.165) is 0 Å². The smallest absolute Gasteiger partial charge is 0.274 e. The quantitative estimate of drug-likeness (QED) is 0.636. The van der Waals surface area contributed by atoms with Gasteiger partial charge in [0.05, 0.1) is 5.75 Å². The van der Waals surface area contributed by atoms with Crippen LogP contribution in [0.1, 0.15) is 22.4 Å². The number of aromatic nitrogens is 4. The number of ether oxygens (including phenoxy) is 2. The summed E-state index contributed by atoms with van der Waals surface area (Å²) >= 11 is 1.19. The molecule has 0 fully saturated rings. The van der Waals surface area contributed by atoms with E-state index in [4.69, 9.17) is 9.47 Å². The zero-order valence-corrected chi connectivity index (χ0v) is 16.7. The average Bonchev–Trinajstić information content (AvgIpc) is 3.31. The first-order valence-electron chi connectivity index (χ1n) is 8.89. The normalized spacial score (nSPS) is 15.2. The number of imide groups is 1. The number of fused-ring (bicyclic) bond motifs is 1. The van der Waals surface area contributed by atoms with Crippen molar-refractivity contribution in [2.45, 2.75) is 11.3 Å². The number of rotatable bonds is 5. The summed E-state index contributed by atoms with van der Waals surface area (Å²) in [5.74, 6) is 1.14. The minimum atomic E-state index is -0.437. The molecule has 10 heteroatoms. The molecule has 0 saturated carbocycles. The van der Waals surface area contributed by atoms with E-state index in [0.29, 0.717) is 34.8 Å². The van der Waals surface area contributed by atoms with E-state index in [9.17, 15) is 9.59 Å². The maximum Gasteiger partial charge on any atom is 0.274 e. The van der Waals surface area contributed by atoms with Crippen LogP contribution >= 0.6 is 11.8 Å². The predicted octanol–water partition coefficient (Wildman–Crippen LogP) is 1.71. The predicted molar refractivity (Wildman–Crippen MR) is 105 cm³/mol. The monoisotopic (exact) mass is 413 g/mol. The molecule has 0 aliphatic carbocycles. The van der Waals surface area contributed by atoms with Crippen LogP contribution in [0.3, 0.4) is 0 Å². The van der Waals surface area contributed by atoms with Gasteiger partial charge in [-0.2, -0.15) is 0 Å². The third kappa shape index (κ3) is 3.97. The van der Waals surface area contributed by atoms with Crippen LogP contribution in [0.2, 0.25) is 0 Å². The molecule has 150 valence electrons. The molecule has 3 aromatic rings. The molecule has 9 nitrogen and oxygen atoms in total. The Bertz CT molecular complexity index is 1060. The summed E-state index contributed by atoms with van der Waals surface area (Å²) in [6.45, 7) is 0.319. The zero-order chi connectivity index (χ0) is 20.4.